The zero-order valence-electron chi connectivity index (χ0n) is 40.2. The summed E-state index contributed by atoms with van der Waals surface area (Å²) in [4.78, 5) is 2.62. The second-order valence-electron chi connectivity index (χ2n) is 19.9. The minimum atomic E-state index is -0.500. The first-order chi connectivity index (χ1) is 35.0. The van der Waals surface area contributed by atoms with Crippen LogP contribution in [0.25, 0.3) is 61.2 Å². The number of anilines is 2. The zero-order valence-corrected chi connectivity index (χ0v) is 40.2. The highest BCUT2D eigenvalue weighted by molar-refractivity contribution is 5.95. The van der Waals surface area contributed by atoms with Gasteiger partial charge >= 0.3 is 0 Å². The number of hydrogen-bond acceptors (Lipinski definition) is 1. The molecule has 10 aromatic carbocycles. The van der Waals surface area contributed by atoms with Gasteiger partial charge in [0, 0.05) is 22.4 Å². The SMILES string of the molecule is CC1(C)c2ccccc2-c2cc(-c3ccccc3)c(N(C3=CC4=C(CC3)c3ccccc3C4(c3ccccc3)c3ccccc3)c3ccc(-c4cc(-c5ccccc5)cc(-c5ccccc5)c4)cc3)cc21. The third-order valence-corrected chi connectivity index (χ3v) is 15.7. The van der Waals surface area contributed by atoms with Crippen LogP contribution in [0, 0.1) is 0 Å². The van der Waals surface area contributed by atoms with Crippen LogP contribution in [0.4, 0.5) is 11.4 Å². The lowest BCUT2D eigenvalue weighted by Gasteiger charge is -2.38. The maximum Gasteiger partial charge on any atom is 0.0710 e. The standard InChI is InChI=1S/C70H53N/c1-69(2)64-34-20-18-33-60(64)63-46-62(51-26-12-5-13-27-51)68(47-66(63)69)71(57-38-36-50(37-39-57)54-43-52(48-22-8-3-9-23-48)42-53(44-54)49-24-10-4-11-25-49)58-40-41-61-59-32-19-21-35-65(59)70(67(61)45-58,55-28-14-6-15-29-55)56-30-16-7-17-31-56/h3-39,42-47H,40-41H2,1-2H3. The van der Waals surface area contributed by atoms with Gasteiger partial charge < -0.3 is 4.90 Å². The highest BCUT2D eigenvalue weighted by Crippen LogP contribution is 2.59. The summed E-state index contributed by atoms with van der Waals surface area (Å²) in [5.41, 5.74) is 26.0. The van der Waals surface area contributed by atoms with E-state index in [0.717, 1.165) is 18.5 Å². The molecule has 1 nitrogen and oxygen atoms in total. The Morgan fingerprint density at radius 3 is 1.37 bits per heavy atom. The van der Waals surface area contributed by atoms with E-state index in [1.807, 2.05) is 0 Å². The predicted octanol–water partition coefficient (Wildman–Crippen LogP) is 18.3. The molecule has 0 radical (unpaired) electrons. The Labute approximate surface area is 418 Å². The van der Waals surface area contributed by atoms with E-state index in [1.54, 1.807) is 0 Å². The van der Waals surface area contributed by atoms with Crippen molar-refractivity contribution in [2.45, 2.75) is 37.5 Å². The Bertz CT molecular complexity index is 3580. The number of fused-ring (bicyclic) bond motifs is 5. The fourth-order valence-corrected chi connectivity index (χ4v) is 12.3. The first-order valence-corrected chi connectivity index (χ1v) is 25.1. The van der Waals surface area contributed by atoms with Gasteiger partial charge in [0.1, 0.15) is 0 Å². The molecule has 0 aromatic heterocycles. The Hall–Kier alpha value is -8.52. The summed E-state index contributed by atoms with van der Waals surface area (Å²) in [6, 6.07) is 94.7. The highest BCUT2D eigenvalue weighted by Gasteiger charge is 2.48. The smallest absolute Gasteiger partial charge is 0.0710 e. The fraction of sp³-hybridized carbons (Fsp3) is 0.0857. The van der Waals surface area contributed by atoms with Crippen molar-refractivity contribution in [1.29, 1.82) is 0 Å². The Balaban J connectivity index is 1.05. The minimum absolute atomic E-state index is 0.189. The Morgan fingerprint density at radius 1 is 0.338 bits per heavy atom. The number of hydrogen-bond donors (Lipinski definition) is 0. The summed E-state index contributed by atoms with van der Waals surface area (Å²) in [5, 5.41) is 0. The second kappa shape index (κ2) is 17.2. The molecule has 0 aliphatic heterocycles. The van der Waals surface area contributed by atoms with E-state index in [4.69, 9.17) is 0 Å². The van der Waals surface area contributed by atoms with Crippen molar-refractivity contribution < 1.29 is 0 Å². The summed E-state index contributed by atoms with van der Waals surface area (Å²) in [5.74, 6) is 0. The number of allylic oxidation sites excluding steroid dienone is 4. The van der Waals surface area contributed by atoms with Crippen LogP contribution in [0.5, 0.6) is 0 Å². The van der Waals surface area contributed by atoms with Gasteiger partial charge in [0.05, 0.1) is 11.1 Å². The molecule has 0 atom stereocenters. The molecule has 0 heterocycles. The monoisotopic (exact) mass is 907 g/mol. The molecule has 1 heteroatoms. The van der Waals surface area contributed by atoms with Crippen molar-refractivity contribution in [3.05, 3.63) is 306 Å². The summed E-state index contributed by atoms with van der Waals surface area (Å²) >= 11 is 0. The normalized spacial score (nSPS) is 14.8. The third kappa shape index (κ3) is 6.98. The van der Waals surface area contributed by atoms with Crippen molar-refractivity contribution in [2.75, 3.05) is 4.90 Å². The van der Waals surface area contributed by atoms with Crippen LogP contribution in [0.2, 0.25) is 0 Å². The van der Waals surface area contributed by atoms with E-state index in [-0.39, 0.29) is 5.41 Å². The average molecular weight is 908 g/mol. The molecular weight excluding hydrogens is 855 g/mol. The summed E-state index contributed by atoms with van der Waals surface area (Å²) in [6.45, 7) is 4.80. The molecule has 71 heavy (non-hydrogen) atoms. The van der Waals surface area contributed by atoms with Crippen LogP contribution in [0.3, 0.4) is 0 Å². The van der Waals surface area contributed by atoms with Crippen molar-refractivity contribution in [1.82, 2.24) is 0 Å². The molecule has 3 aliphatic carbocycles. The molecule has 0 saturated carbocycles. The molecule has 10 aromatic rings. The first-order valence-electron chi connectivity index (χ1n) is 25.1. The van der Waals surface area contributed by atoms with Crippen LogP contribution < -0.4 is 4.90 Å². The van der Waals surface area contributed by atoms with Gasteiger partial charge in [-0.15, -0.1) is 0 Å². The molecule has 0 unspecified atom stereocenters. The molecule has 0 amide bonds. The van der Waals surface area contributed by atoms with Crippen LogP contribution in [-0.2, 0) is 10.8 Å². The molecular formula is C70H53N. The highest BCUT2D eigenvalue weighted by atomic mass is 15.2. The van der Waals surface area contributed by atoms with Gasteiger partial charge in [-0.2, -0.15) is 0 Å². The fourth-order valence-electron chi connectivity index (χ4n) is 12.3. The van der Waals surface area contributed by atoms with Crippen LogP contribution >= 0.6 is 0 Å². The van der Waals surface area contributed by atoms with E-state index in [0.29, 0.717) is 0 Å². The summed E-state index contributed by atoms with van der Waals surface area (Å²) in [7, 11) is 0. The van der Waals surface area contributed by atoms with Gasteiger partial charge in [0.2, 0.25) is 0 Å². The van der Waals surface area contributed by atoms with Crippen LogP contribution in [-0.4, -0.2) is 0 Å². The quantitative estimate of drug-likeness (QED) is 0.139. The lowest BCUT2D eigenvalue weighted by atomic mass is 9.66. The van der Waals surface area contributed by atoms with E-state index in [2.05, 4.69) is 280 Å². The number of benzene rings is 10. The van der Waals surface area contributed by atoms with Gasteiger partial charge in [-0.05, 0) is 156 Å². The van der Waals surface area contributed by atoms with Crippen LogP contribution in [0.15, 0.2) is 272 Å². The van der Waals surface area contributed by atoms with Gasteiger partial charge in [0.15, 0.2) is 0 Å². The van der Waals surface area contributed by atoms with Gasteiger partial charge in [-0.25, -0.2) is 0 Å². The van der Waals surface area contributed by atoms with Crippen molar-refractivity contribution >= 4 is 16.9 Å². The number of rotatable bonds is 9. The molecule has 0 N–H and O–H groups in total. The van der Waals surface area contributed by atoms with E-state index in [9.17, 15) is 0 Å². The molecule has 0 spiro atoms. The Morgan fingerprint density at radius 2 is 0.803 bits per heavy atom. The van der Waals surface area contributed by atoms with Gasteiger partial charge in [0.25, 0.3) is 0 Å². The van der Waals surface area contributed by atoms with Crippen molar-refractivity contribution in [2.24, 2.45) is 0 Å². The van der Waals surface area contributed by atoms with Crippen molar-refractivity contribution in [3.63, 3.8) is 0 Å². The van der Waals surface area contributed by atoms with Crippen LogP contribution in [0.1, 0.15) is 60.1 Å². The molecule has 338 valence electrons. The molecule has 0 bridgehead atoms. The molecule has 3 aliphatic rings. The minimum Gasteiger partial charge on any atom is -0.314 e. The van der Waals surface area contributed by atoms with Gasteiger partial charge in [-0.3, -0.25) is 0 Å². The summed E-state index contributed by atoms with van der Waals surface area (Å²) in [6.07, 6.45) is 4.39. The lowest BCUT2D eigenvalue weighted by Crippen LogP contribution is -2.30. The van der Waals surface area contributed by atoms with E-state index in [1.165, 1.54) is 112 Å². The number of nitrogens with zero attached hydrogens (tertiary/aromatic N) is 1. The second-order valence-corrected chi connectivity index (χ2v) is 19.9. The maximum atomic E-state index is 2.62. The third-order valence-electron chi connectivity index (χ3n) is 15.7. The van der Waals surface area contributed by atoms with Gasteiger partial charge in [-0.1, -0.05) is 226 Å². The van der Waals surface area contributed by atoms with Crippen molar-refractivity contribution in [3.8, 4) is 55.6 Å². The summed E-state index contributed by atoms with van der Waals surface area (Å²) < 4.78 is 0. The maximum absolute atomic E-state index is 2.62. The topological polar surface area (TPSA) is 3.24 Å². The lowest BCUT2D eigenvalue weighted by molar-refractivity contribution is 0.660. The Kier molecular flexibility index (Phi) is 10.3. The van der Waals surface area contributed by atoms with E-state index >= 15 is 0 Å². The zero-order chi connectivity index (χ0) is 47.5. The average Bonchev–Trinajstić information content (AvgIpc) is 3.87. The molecule has 13 rings (SSSR count). The molecule has 0 fully saturated rings. The predicted molar refractivity (Wildman–Crippen MR) is 298 cm³/mol. The first kappa shape index (κ1) is 42.6. The molecule has 0 saturated heterocycles. The largest absolute Gasteiger partial charge is 0.314 e. The van der Waals surface area contributed by atoms with E-state index < -0.39 is 5.41 Å².